The first-order valence-corrected chi connectivity index (χ1v) is 11.5. The number of amides is 1. The van der Waals surface area contributed by atoms with Crippen molar-refractivity contribution in [1.29, 1.82) is 0 Å². The Morgan fingerprint density at radius 3 is 2.26 bits per heavy atom. The molecule has 1 aliphatic rings. The molecule has 0 spiro atoms. The number of nitrogens with one attached hydrogen (secondary N) is 2. The highest BCUT2D eigenvalue weighted by atomic mass is 32.1. The van der Waals surface area contributed by atoms with Crippen molar-refractivity contribution in [3.05, 3.63) is 59.7 Å². The summed E-state index contributed by atoms with van der Waals surface area (Å²) in [6.07, 6.45) is 4.36. The van der Waals surface area contributed by atoms with Crippen molar-refractivity contribution in [2.24, 2.45) is 5.92 Å². The molecular formula is C25H33N3O2S. The quantitative estimate of drug-likeness (QED) is 0.566. The fourth-order valence-corrected chi connectivity index (χ4v) is 4.15. The molecule has 2 N–H and O–H groups in total. The molecule has 166 valence electrons. The molecule has 2 aromatic rings. The summed E-state index contributed by atoms with van der Waals surface area (Å²) in [4.78, 5) is 14.6. The molecule has 0 saturated carbocycles. The molecule has 1 fully saturated rings. The molecule has 0 radical (unpaired) electrons. The lowest BCUT2D eigenvalue weighted by molar-refractivity contribution is 0.0724. The predicted molar refractivity (Wildman–Crippen MR) is 131 cm³/mol. The second-order valence-electron chi connectivity index (χ2n) is 8.48. The monoisotopic (exact) mass is 439 g/mol. The lowest BCUT2D eigenvalue weighted by Crippen LogP contribution is -2.35. The Morgan fingerprint density at radius 2 is 1.68 bits per heavy atom. The molecular weight excluding hydrogens is 406 g/mol. The van der Waals surface area contributed by atoms with Crippen molar-refractivity contribution in [3.63, 3.8) is 0 Å². The van der Waals surface area contributed by atoms with Gasteiger partial charge in [0.05, 0.1) is 13.2 Å². The van der Waals surface area contributed by atoms with Gasteiger partial charge >= 0.3 is 0 Å². The number of thiocarbonyl (C=S) groups is 1. The maximum atomic E-state index is 12.6. The number of likely N-dealkylation sites (tertiary alicyclic amines) is 1. The largest absolute Gasteiger partial charge is 0.497 e. The van der Waals surface area contributed by atoms with Crippen molar-refractivity contribution in [2.75, 3.05) is 25.5 Å². The number of hydrogen-bond donors (Lipinski definition) is 2. The van der Waals surface area contributed by atoms with Crippen LogP contribution in [-0.2, 0) is 0 Å². The maximum absolute atomic E-state index is 12.6. The van der Waals surface area contributed by atoms with Crippen LogP contribution in [0, 0.1) is 5.92 Å². The molecule has 31 heavy (non-hydrogen) atoms. The van der Waals surface area contributed by atoms with Crippen LogP contribution < -0.4 is 15.4 Å². The highest BCUT2D eigenvalue weighted by molar-refractivity contribution is 7.80. The molecule has 1 heterocycles. The van der Waals surface area contributed by atoms with Crippen molar-refractivity contribution >= 4 is 28.9 Å². The van der Waals surface area contributed by atoms with E-state index in [2.05, 4.69) is 36.6 Å². The van der Waals surface area contributed by atoms with Crippen LogP contribution >= 0.6 is 12.2 Å². The van der Waals surface area contributed by atoms with Gasteiger partial charge < -0.3 is 20.3 Å². The van der Waals surface area contributed by atoms with Gasteiger partial charge in [-0.2, -0.15) is 0 Å². The SMILES string of the molecule is COc1ccc(C(CC(C)C)NC(=S)Nc2ccc(C(=O)N3CCCCC3)cc2)cc1. The van der Waals surface area contributed by atoms with Crippen LogP contribution in [0.25, 0.3) is 0 Å². The molecule has 5 nitrogen and oxygen atoms in total. The summed E-state index contributed by atoms with van der Waals surface area (Å²) in [6.45, 7) is 6.12. The van der Waals surface area contributed by atoms with Gasteiger partial charge in [-0.3, -0.25) is 4.79 Å². The maximum Gasteiger partial charge on any atom is 0.253 e. The van der Waals surface area contributed by atoms with Gasteiger partial charge in [-0.05, 0) is 85.8 Å². The van der Waals surface area contributed by atoms with Crippen molar-refractivity contribution in [2.45, 2.75) is 45.6 Å². The molecule has 1 aliphatic heterocycles. The van der Waals surface area contributed by atoms with E-state index in [0.717, 1.165) is 49.4 Å². The average Bonchev–Trinajstić information content (AvgIpc) is 2.79. The van der Waals surface area contributed by atoms with Crippen LogP contribution in [0.15, 0.2) is 48.5 Å². The van der Waals surface area contributed by atoms with E-state index >= 15 is 0 Å². The third-order valence-corrected chi connectivity index (χ3v) is 5.78. The summed E-state index contributed by atoms with van der Waals surface area (Å²) >= 11 is 5.58. The minimum absolute atomic E-state index is 0.103. The van der Waals surface area contributed by atoms with Crippen LogP contribution in [0.2, 0.25) is 0 Å². The predicted octanol–water partition coefficient (Wildman–Crippen LogP) is 5.40. The normalized spacial score (nSPS) is 14.8. The zero-order valence-electron chi connectivity index (χ0n) is 18.7. The van der Waals surface area contributed by atoms with Gasteiger partial charge in [0.2, 0.25) is 0 Å². The Bertz CT molecular complexity index is 859. The highest BCUT2D eigenvalue weighted by Crippen LogP contribution is 2.24. The van der Waals surface area contributed by atoms with E-state index in [1.165, 1.54) is 12.0 Å². The minimum atomic E-state index is 0.103. The van der Waals surface area contributed by atoms with Gasteiger partial charge in [0.15, 0.2) is 5.11 Å². The van der Waals surface area contributed by atoms with Gasteiger partial charge in [-0.25, -0.2) is 0 Å². The molecule has 1 atom stereocenters. The van der Waals surface area contributed by atoms with E-state index in [9.17, 15) is 4.79 Å². The fraction of sp³-hybridized carbons (Fsp3) is 0.440. The Labute approximate surface area is 191 Å². The lowest BCUT2D eigenvalue weighted by atomic mass is 9.97. The summed E-state index contributed by atoms with van der Waals surface area (Å²) in [7, 11) is 1.67. The van der Waals surface area contributed by atoms with E-state index in [0.29, 0.717) is 11.0 Å². The average molecular weight is 440 g/mol. The van der Waals surface area contributed by atoms with Crippen LogP contribution in [0.1, 0.15) is 61.5 Å². The van der Waals surface area contributed by atoms with Gasteiger partial charge in [-0.1, -0.05) is 26.0 Å². The van der Waals surface area contributed by atoms with Crippen LogP contribution in [-0.4, -0.2) is 36.1 Å². The second-order valence-corrected chi connectivity index (χ2v) is 8.89. The van der Waals surface area contributed by atoms with Crippen molar-refractivity contribution in [1.82, 2.24) is 10.2 Å². The first kappa shape index (κ1) is 23.1. The molecule has 3 rings (SSSR count). The zero-order valence-corrected chi connectivity index (χ0v) is 19.5. The van der Waals surface area contributed by atoms with Crippen LogP contribution in [0.4, 0.5) is 5.69 Å². The van der Waals surface area contributed by atoms with Gasteiger partial charge in [-0.15, -0.1) is 0 Å². The summed E-state index contributed by atoms with van der Waals surface area (Å²) < 4.78 is 5.27. The molecule has 0 aromatic heterocycles. The number of anilines is 1. The minimum Gasteiger partial charge on any atom is -0.497 e. The van der Waals surface area contributed by atoms with E-state index in [4.69, 9.17) is 17.0 Å². The van der Waals surface area contributed by atoms with Gasteiger partial charge in [0.1, 0.15) is 5.75 Å². The molecule has 0 bridgehead atoms. The molecule has 1 amide bonds. The number of carbonyl (C=O) groups is 1. The van der Waals surface area contributed by atoms with Crippen LogP contribution in [0.3, 0.4) is 0 Å². The summed E-state index contributed by atoms with van der Waals surface area (Å²) in [6, 6.07) is 15.8. The third-order valence-electron chi connectivity index (χ3n) is 5.56. The Kier molecular flexibility index (Phi) is 8.29. The van der Waals surface area contributed by atoms with Gasteiger partial charge in [0.25, 0.3) is 5.91 Å². The number of benzene rings is 2. The van der Waals surface area contributed by atoms with E-state index in [-0.39, 0.29) is 11.9 Å². The molecule has 0 aliphatic carbocycles. The van der Waals surface area contributed by atoms with Gasteiger partial charge in [0, 0.05) is 24.3 Å². The van der Waals surface area contributed by atoms with Crippen LogP contribution in [0.5, 0.6) is 5.75 Å². The highest BCUT2D eigenvalue weighted by Gasteiger charge is 2.18. The number of hydrogen-bond acceptors (Lipinski definition) is 3. The number of methoxy groups -OCH3 is 1. The smallest absolute Gasteiger partial charge is 0.253 e. The number of carbonyl (C=O) groups excluding carboxylic acids is 1. The van der Waals surface area contributed by atoms with E-state index in [1.54, 1.807) is 7.11 Å². The summed E-state index contributed by atoms with van der Waals surface area (Å²) in [5, 5.41) is 7.26. The van der Waals surface area contributed by atoms with Crippen molar-refractivity contribution < 1.29 is 9.53 Å². The summed E-state index contributed by atoms with van der Waals surface area (Å²) in [5.41, 5.74) is 2.76. The molecule has 1 unspecified atom stereocenters. The van der Waals surface area contributed by atoms with E-state index < -0.39 is 0 Å². The lowest BCUT2D eigenvalue weighted by Gasteiger charge is -2.26. The Hall–Kier alpha value is -2.60. The number of rotatable bonds is 7. The standard InChI is InChI=1S/C25H33N3O2S/c1-18(2)17-23(19-9-13-22(30-3)14-10-19)27-25(31)26-21-11-7-20(8-12-21)24(29)28-15-5-4-6-16-28/h7-14,18,23H,4-6,15-17H2,1-3H3,(H2,26,27,31). The second kappa shape index (κ2) is 11.1. The number of ether oxygens (including phenoxy) is 1. The van der Waals surface area contributed by atoms with Crippen molar-refractivity contribution in [3.8, 4) is 5.75 Å². The number of nitrogens with zero attached hydrogens (tertiary/aromatic N) is 1. The molecule has 6 heteroatoms. The van der Waals surface area contributed by atoms with E-state index in [1.807, 2.05) is 41.3 Å². The Morgan fingerprint density at radius 1 is 1.03 bits per heavy atom. The fourth-order valence-electron chi connectivity index (χ4n) is 3.89. The Balaban J connectivity index is 1.61. The molecule has 2 aromatic carbocycles. The first-order valence-electron chi connectivity index (χ1n) is 11.1. The zero-order chi connectivity index (χ0) is 22.2. The number of piperidine rings is 1. The summed E-state index contributed by atoms with van der Waals surface area (Å²) in [5.74, 6) is 1.47. The topological polar surface area (TPSA) is 53.6 Å². The first-order chi connectivity index (χ1) is 15.0. The third kappa shape index (κ3) is 6.69. The molecule has 1 saturated heterocycles.